The molecule has 2 rings (SSSR count). The Labute approximate surface area is 167 Å². The standard InChI is InChI=1S/C18H20BrClN2O3S/c1-13(15-4-3-5-16(19)10-15)21-18(23)12-22(26(2,24)25)11-14-6-8-17(20)9-7-14/h3-10,13H,11-12H2,1-2H3,(H,21,23)/t13-/m0/s1. The van der Waals surface area contributed by atoms with Crippen molar-refractivity contribution in [1.29, 1.82) is 0 Å². The summed E-state index contributed by atoms with van der Waals surface area (Å²) in [6, 6.07) is 14.2. The van der Waals surface area contributed by atoms with Crippen molar-refractivity contribution in [3.8, 4) is 0 Å². The van der Waals surface area contributed by atoms with Crippen LogP contribution in [0.5, 0.6) is 0 Å². The molecule has 0 unspecified atom stereocenters. The molecule has 26 heavy (non-hydrogen) atoms. The van der Waals surface area contributed by atoms with Gasteiger partial charge in [-0.25, -0.2) is 8.42 Å². The van der Waals surface area contributed by atoms with E-state index in [2.05, 4.69) is 21.2 Å². The Balaban J connectivity index is 2.05. The highest BCUT2D eigenvalue weighted by molar-refractivity contribution is 9.10. The number of hydrogen-bond acceptors (Lipinski definition) is 3. The van der Waals surface area contributed by atoms with E-state index in [1.54, 1.807) is 24.3 Å². The first-order valence-electron chi connectivity index (χ1n) is 7.89. The molecule has 5 nitrogen and oxygen atoms in total. The third-order valence-corrected chi connectivity index (χ3v) is 5.73. The van der Waals surface area contributed by atoms with Crippen LogP contribution in [-0.2, 0) is 21.4 Å². The molecule has 0 saturated heterocycles. The smallest absolute Gasteiger partial charge is 0.235 e. The fourth-order valence-corrected chi connectivity index (χ4v) is 3.67. The molecule has 0 aliphatic carbocycles. The molecule has 8 heteroatoms. The zero-order chi connectivity index (χ0) is 19.3. The molecule has 0 aliphatic heterocycles. The number of hydrogen-bond donors (Lipinski definition) is 1. The Hall–Kier alpha value is -1.41. The van der Waals surface area contributed by atoms with E-state index >= 15 is 0 Å². The number of nitrogens with zero attached hydrogens (tertiary/aromatic N) is 1. The second kappa shape index (κ2) is 8.99. The highest BCUT2D eigenvalue weighted by Crippen LogP contribution is 2.18. The van der Waals surface area contributed by atoms with E-state index in [-0.39, 0.29) is 25.0 Å². The molecule has 0 radical (unpaired) electrons. The van der Waals surface area contributed by atoms with Crippen molar-refractivity contribution < 1.29 is 13.2 Å². The van der Waals surface area contributed by atoms with Crippen LogP contribution in [-0.4, -0.2) is 31.4 Å². The first kappa shape index (κ1) is 20.9. The third kappa shape index (κ3) is 6.39. The predicted molar refractivity (Wildman–Crippen MR) is 107 cm³/mol. The third-order valence-electron chi connectivity index (χ3n) is 3.79. The van der Waals surface area contributed by atoms with Crippen LogP contribution in [0.15, 0.2) is 53.0 Å². The van der Waals surface area contributed by atoms with Gasteiger partial charge in [0.15, 0.2) is 0 Å². The largest absolute Gasteiger partial charge is 0.348 e. The molecule has 0 fully saturated rings. The fourth-order valence-electron chi connectivity index (χ4n) is 2.39. The van der Waals surface area contributed by atoms with Gasteiger partial charge in [-0.3, -0.25) is 4.79 Å². The topological polar surface area (TPSA) is 66.5 Å². The van der Waals surface area contributed by atoms with Crippen LogP contribution >= 0.6 is 27.5 Å². The maximum atomic E-state index is 12.4. The first-order valence-corrected chi connectivity index (χ1v) is 10.9. The molecule has 0 spiro atoms. The van der Waals surface area contributed by atoms with Crippen molar-refractivity contribution in [1.82, 2.24) is 9.62 Å². The second-order valence-corrected chi connectivity index (χ2v) is 9.34. The Bertz CT molecular complexity index is 872. The lowest BCUT2D eigenvalue weighted by atomic mass is 10.1. The number of benzene rings is 2. The molecule has 0 aromatic heterocycles. The lowest BCUT2D eigenvalue weighted by molar-refractivity contribution is -0.122. The maximum absolute atomic E-state index is 12.4. The van der Waals surface area contributed by atoms with Gasteiger partial charge in [0.25, 0.3) is 0 Å². The van der Waals surface area contributed by atoms with Gasteiger partial charge in [-0.1, -0.05) is 51.8 Å². The molecular weight excluding hydrogens is 440 g/mol. The van der Waals surface area contributed by atoms with E-state index in [1.807, 2.05) is 31.2 Å². The second-order valence-electron chi connectivity index (χ2n) is 6.00. The van der Waals surface area contributed by atoms with Crippen molar-refractivity contribution in [3.63, 3.8) is 0 Å². The monoisotopic (exact) mass is 458 g/mol. The summed E-state index contributed by atoms with van der Waals surface area (Å²) in [7, 11) is -3.54. The van der Waals surface area contributed by atoms with Gasteiger partial charge in [0.2, 0.25) is 15.9 Å². The van der Waals surface area contributed by atoms with Gasteiger partial charge in [-0.2, -0.15) is 4.31 Å². The van der Waals surface area contributed by atoms with Gasteiger partial charge < -0.3 is 5.32 Å². The van der Waals surface area contributed by atoms with Gasteiger partial charge in [0.05, 0.1) is 18.8 Å². The molecule has 0 heterocycles. The van der Waals surface area contributed by atoms with E-state index in [0.29, 0.717) is 5.02 Å². The summed E-state index contributed by atoms with van der Waals surface area (Å²) in [4.78, 5) is 12.4. The lowest BCUT2D eigenvalue weighted by Gasteiger charge is -2.21. The van der Waals surface area contributed by atoms with E-state index in [9.17, 15) is 13.2 Å². The van der Waals surface area contributed by atoms with Gasteiger partial charge in [-0.05, 0) is 42.3 Å². The van der Waals surface area contributed by atoms with Crippen LogP contribution in [0.25, 0.3) is 0 Å². The molecule has 140 valence electrons. The number of amides is 1. The Morgan fingerprint density at radius 2 is 1.88 bits per heavy atom. The van der Waals surface area contributed by atoms with Gasteiger partial charge in [-0.15, -0.1) is 0 Å². The molecule has 1 atom stereocenters. The van der Waals surface area contributed by atoms with Crippen LogP contribution in [0.3, 0.4) is 0 Å². The molecular formula is C18H20BrClN2O3S. The van der Waals surface area contributed by atoms with Crippen molar-refractivity contribution in [2.45, 2.75) is 19.5 Å². The number of nitrogens with one attached hydrogen (secondary N) is 1. The summed E-state index contributed by atoms with van der Waals surface area (Å²) in [5, 5.41) is 3.40. The minimum atomic E-state index is -3.54. The number of rotatable bonds is 7. The molecule has 0 aliphatic rings. The fraction of sp³-hybridized carbons (Fsp3) is 0.278. The highest BCUT2D eigenvalue weighted by atomic mass is 79.9. The summed E-state index contributed by atoms with van der Waals surface area (Å²) in [6.45, 7) is 1.71. The van der Waals surface area contributed by atoms with E-state index in [4.69, 9.17) is 11.6 Å². The van der Waals surface area contributed by atoms with Crippen molar-refractivity contribution in [2.75, 3.05) is 12.8 Å². The molecule has 0 saturated carbocycles. The highest BCUT2D eigenvalue weighted by Gasteiger charge is 2.21. The average Bonchev–Trinajstić information content (AvgIpc) is 2.55. The van der Waals surface area contributed by atoms with Crippen molar-refractivity contribution in [2.24, 2.45) is 0 Å². The molecule has 1 N–H and O–H groups in total. The van der Waals surface area contributed by atoms with Gasteiger partial charge in [0.1, 0.15) is 0 Å². The SMILES string of the molecule is C[C@H](NC(=O)CN(Cc1ccc(Cl)cc1)S(C)(=O)=O)c1cccc(Br)c1. The lowest BCUT2D eigenvalue weighted by Crippen LogP contribution is -2.40. The van der Waals surface area contributed by atoms with Gasteiger partial charge in [0, 0.05) is 16.0 Å². The van der Waals surface area contributed by atoms with Crippen LogP contribution in [0, 0.1) is 0 Å². The zero-order valence-electron chi connectivity index (χ0n) is 14.4. The van der Waals surface area contributed by atoms with E-state index in [0.717, 1.165) is 26.2 Å². The van der Waals surface area contributed by atoms with Crippen LogP contribution in [0.2, 0.25) is 5.02 Å². The van der Waals surface area contributed by atoms with Gasteiger partial charge >= 0.3 is 0 Å². The number of carbonyl (C=O) groups is 1. The minimum Gasteiger partial charge on any atom is -0.348 e. The zero-order valence-corrected chi connectivity index (χ0v) is 17.6. The number of carbonyl (C=O) groups excluding carboxylic acids is 1. The van der Waals surface area contributed by atoms with Crippen LogP contribution in [0.4, 0.5) is 0 Å². The molecule has 2 aromatic carbocycles. The predicted octanol–water partition coefficient (Wildman–Crippen LogP) is 3.74. The van der Waals surface area contributed by atoms with Crippen LogP contribution in [0.1, 0.15) is 24.1 Å². The summed E-state index contributed by atoms with van der Waals surface area (Å²) in [5.74, 6) is -0.364. The summed E-state index contributed by atoms with van der Waals surface area (Å²) in [5.41, 5.74) is 1.68. The summed E-state index contributed by atoms with van der Waals surface area (Å²) < 4.78 is 26.2. The quantitative estimate of drug-likeness (QED) is 0.686. The molecule has 2 aromatic rings. The minimum absolute atomic E-state index is 0.106. The maximum Gasteiger partial charge on any atom is 0.235 e. The average molecular weight is 460 g/mol. The Morgan fingerprint density at radius 3 is 2.46 bits per heavy atom. The van der Waals surface area contributed by atoms with Crippen LogP contribution < -0.4 is 5.32 Å². The van der Waals surface area contributed by atoms with E-state index < -0.39 is 10.0 Å². The summed E-state index contributed by atoms with van der Waals surface area (Å²) in [6.07, 6.45) is 1.09. The first-order chi connectivity index (χ1) is 12.1. The number of sulfonamides is 1. The number of halogens is 2. The van der Waals surface area contributed by atoms with Crippen molar-refractivity contribution >= 4 is 43.5 Å². The summed E-state index contributed by atoms with van der Waals surface area (Å²) >= 11 is 9.25. The molecule has 1 amide bonds. The normalized spacial score (nSPS) is 12.8. The van der Waals surface area contributed by atoms with E-state index in [1.165, 1.54) is 0 Å². The Kier molecular flexibility index (Phi) is 7.23. The molecule has 0 bridgehead atoms. The Morgan fingerprint density at radius 1 is 1.23 bits per heavy atom. The van der Waals surface area contributed by atoms with Crippen molar-refractivity contribution in [3.05, 3.63) is 69.2 Å².